The van der Waals surface area contributed by atoms with Crippen LogP contribution in [0.1, 0.15) is 34.1 Å². The van der Waals surface area contributed by atoms with Gasteiger partial charge in [-0.3, -0.25) is 4.90 Å². The first-order valence-corrected chi connectivity index (χ1v) is 10.3. The highest BCUT2D eigenvalue weighted by Gasteiger charge is 2.39. The van der Waals surface area contributed by atoms with Gasteiger partial charge < -0.3 is 22.8 Å². The molecule has 0 saturated carbocycles. The van der Waals surface area contributed by atoms with Crippen LogP contribution >= 0.6 is 0 Å². The molecular weight excluding hydrogens is 302 g/mol. The standard InChI is InChI=1S/C15H35NO5Si/c1-6-17-12-13-18-15-16(5)11-10-14-22(19-7-2,20-8-3)21-9-4/h6-15H2,1-5H3. The Morgan fingerprint density at radius 2 is 1.32 bits per heavy atom. The molecule has 0 amide bonds. The van der Waals surface area contributed by atoms with Gasteiger partial charge in [-0.05, 0) is 47.7 Å². The smallest absolute Gasteiger partial charge is 0.379 e. The van der Waals surface area contributed by atoms with Gasteiger partial charge >= 0.3 is 8.80 Å². The fourth-order valence-electron chi connectivity index (χ4n) is 2.11. The van der Waals surface area contributed by atoms with Crippen LogP contribution in [0.3, 0.4) is 0 Å². The summed E-state index contributed by atoms with van der Waals surface area (Å²) >= 11 is 0. The van der Waals surface area contributed by atoms with Crippen molar-refractivity contribution in [3.05, 3.63) is 0 Å². The van der Waals surface area contributed by atoms with Gasteiger partial charge in [-0.15, -0.1) is 0 Å². The summed E-state index contributed by atoms with van der Waals surface area (Å²) in [6, 6.07) is 0.839. The predicted octanol–water partition coefficient (Wildman–Crippen LogP) is 2.37. The minimum Gasteiger partial charge on any atom is -0.379 e. The van der Waals surface area contributed by atoms with Crippen LogP contribution in [-0.2, 0) is 22.8 Å². The minimum absolute atomic E-state index is 0.611. The van der Waals surface area contributed by atoms with Gasteiger partial charge in [0.05, 0.1) is 19.9 Å². The van der Waals surface area contributed by atoms with E-state index >= 15 is 0 Å². The van der Waals surface area contributed by atoms with E-state index in [1.54, 1.807) is 0 Å². The molecule has 6 nitrogen and oxygen atoms in total. The van der Waals surface area contributed by atoms with Crippen molar-refractivity contribution in [2.24, 2.45) is 0 Å². The lowest BCUT2D eigenvalue weighted by Gasteiger charge is -2.29. The first-order valence-electron chi connectivity index (χ1n) is 8.39. The van der Waals surface area contributed by atoms with Crippen molar-refractivity contribution in [3.63, 3.8) is 0 Å². The first-order chi connectivity index (χ1) is 10.6. The van der Waals surface area contributed by atoms with Crippen molar-refractivity contribution in [2.45, 2.75) is 40.2 Å². The van der Waals surface area contributed by atoms with Gasteiger partial charge in [0.25, 0.3) is 0 Å². The number of nitrogens with zero attached hydrogens (tertiary/aromatic N) is 1. The minimum atomic E-state index is -2.50. The molecule has 134 valence electrons. The van der Waals surface area contributed by atoms with E-state index in [1.165, 1.54) is 0 Å². The fourth-order valence-corrected chi connectivity index (χ4v) is 4.71. The molecule has 0 atom stereocenters. The number of hydrogen-bond acceptors (Lipinski definition) is 6. The maximum atomic E-state index is 5.85. The Balaban J connectivity index is 3.98. The molecule has 0 unspecified atom stereocenters. The molecule has 0 aliphatic heterocycles. The summed E-state index contributed by atoms with van der Waals surface area (Å²) in [7, 11) is -0.451. The second-order valence-electron chi connectivity index (χ2n) is 4.90. The molecule has 0 aromatic heterocycles. The maximum Gasteiger partial charge on any atom is 0.500 e. The van der Waals surface area contributed by atoms with E-state index in [1.807, 2.05) is 34.7 Å². The van der Waals surface area contributed by atoms with E-state index in [0.29, 0.717) is 39.8 Å². The van der Waals surface area contributed by atoms with Gasteiger partial charge in [-0.1, -0.05) is 0 Å². The number of hydrogen-bond donors (Lipinski definition) is 0. The van der Waals surface area contributed by atoms with Gasteiger partial charge in [-0.25, -0.2) is 0 Å². The zero-order chi connectivity index (χ0) is 16.7. The first kappa shape index (κ1) is 22.0. The molecule has 0 aliphatic carbocycles. The molecule has 0 saturated heterocycles. The number of ether oxygens (including phenoxy) is 2. The van der Waals surface area contributed by atoms with Crippen LogP contribution in [0.15, 0.2) is 0 Å². The maximum absolute atomic E-state index is 5.85. The van der Waals surface area contributed by atoms with Crippen LogP contribution in [0.4, 0.5) is 0 Å². The van der Waals surface area contributed by atoms with Crippen molar-refractivity contribution in [2.75, 3.05) is 60.0 Å². The Morgan fingerprint density at radius 1 is 0.773 bits per heavy atom. The fraction of sp³-hybridized carbons (Fsp3) is 1.00. The van der Waals surface area contributed by atoms with Gasteiger partial charge in [0.1, 0.15) is 0 Å². The van der Waals surface area contributed by atoms with Crippen LogP contribution in [0.25, 0.3) is 0 Å². The molecule has 0 rings (SSSR count). The lowest BCUT2D eigenvalue weighted by Crippen LogP contribution is -2.46. The van der Waals surface area contributed by atoms with E-state index in [9.17, 15) is 0 Å². The largest absolute Gasteiger partial charge is 0.500 e. The highest BCUT2D eigenvalue weighted by molar-refractivity contribution is 6.60. The zero-order valence-electron chi connectivity index (χ0n) is 15.1. The summed E-state index contributed by atoms with van der Waals surface area (Å²) in [5.41, 5.74) is 0. The van der Waals surface area contributed by atoms with E-state index in [0.717, 1.165) is 25.6 Å². The van der Waals surface area contributed by atoms with Crippen LogP contribution < -0.4 is 0 Å². The molecule has 0 fully saturated rings. The molecule has 0 radical (unpaired) electrons. The lowest BCUT2D eigenvalue weighted by molar-refractivity contribution is 0.00444. The van der Waals surface area contributed by atoms with Gasteiger partial charge in [0, 0.05) is 32.5 Å². The van der Waals surface area contributed by atoms with E-state index in [-0.39, 0.29) is 0 Å². The molecule has 0 aromatic rings. The highest BCUT2D eigenvalue weighted by atomic mass is 28.4. The quantitative estimate of drug-likeness (QED) is 0.245. The predicted molar refractivity (Wildman–Crippen MR) is 90.0 cm³/mol. The van der Waals surface area contributed by atoms with Crippen LogP contribution in [0.5, 0.6) is 0 Å². The van der Waals surface area contributed by atoms with Crippen LogP contribution in [-0.4, -0.2) is 73.7 Å². The summed E-state index contributed by atoms with van der Waals surface area (Å²) in [5.74, 6) is 0. The monoisotopic (exact) mass is 337 g/mol. The second kappa shape index (κ2) is 14.6. The third-order valence-electron chi connectivity index (χ3n) is 3.00. The lowest BCUT2D eigenvalue weighted by atomic mass is 10.4. The Hall–Kier alpha value is -0.0231. The summed E-state index contributed by atoms with van der Waals surface area (Å²) in [5, 5.41) is 0. The van der Waals surface area contributed by atoms with Gasteiger partial charge in [0.15, 0.2) is 0 Å². The van der Waals surface area contributed by atoms with Crippen LogP contribution in [0.2, 0.25) is 6.04 Å². The number of rotatable bonds is 16. The van der Waals surface area contributed by atoms with Crippen molar-refractivity contribution in [1.82, 2.24) is 4.90 Å². The molecule has 0 aromatic carbocycles. The highest BCUT2D eigenvalue weighted by Crippen LogP contribution is 2.18. The second-order valence-corrected chi connectivity index (χ2v) is 7.63. The Kier molecular flexibility index (Phi) is 14.5. The molecule has 0 heterocycles. The molecule has 0 spiro atoms. The van der Waals surface area contributed by atoms with Crippen LogP contribution in [0, 0.1) is 0 Å². The Morgan fingerprint density at radius 3 is 1.82 bits per heavy atom. The third kappa shape index (κ3) is 10.7. The molecule has 7 heteroatoms. The Labute approximate surface area is 137 Å². The van der Waals surface area contributed by atoms with Crippen molar-refractivity contribution < 1.29 is 22.8 Å². The van der Waals surface area contributed by atoms with Crippen molar-refractivity contribution >= 4 is 8.80 Å². The average molecular weight is 338 g/mol. The summed E-state index contributed by atoms with van der Waals surface area (Å²) < 4.78 is 28.3. The summed E-state index contributed by atoms with van der Waals surface area (Å²) in [6.45, 7) is 13.4. The van der Waals surface area contributed by atoms with Crippen molar-refractivity contribution in [1.29, 1.82) is 0 Å². The molecule has 22 heavy (non-hydrogen) atoms. The molecule has 0 N–H and O–H groups in total. The van der Waals surface area contributed by atoms with E-state index in [4.69, 9.17) is 22.8 Å². The molecular formula is C15H35NO5Si. The summed E-state index contributed by atoms with van der Waals surface area (Å²) in [4.78, 5) is 2.15. The normalized spacial score (nSPS) is 12.3. The Bertz CT molecular complexity index is 229. The zero-order valence-corrected chi connectivity index (χ0v) is 16.1. The SMILES string of the molecule is CCOCCOCN(C)CCC[Si](OCC)(OCC)OCC. The summed E-state index contributed by atoms with van der Waals surface area (Å²) in [6.07, 6.45) is 0.970. The molecule has 0 aliphatic rings. The third-order valence-corrected chi connectivity index (χ3v) is 6.15. The molecule has 0 bridgehead atoms. The van der Waals surface area contributed by atoms with E-state index < -0.39 is 8.80 Å². The topological polar surface area (TPSA) is 49.4 Å². The van der Waals surface area contributed by atoms with Gasteiger partial charge in [-0.2, -0.15) is 0 Å². The van der Waals surface area contributed by atoms with Gasteiger partial charge in [0.2, 0.25) is 0 Å². The van der Waals surface area contributed by atoms with Crippen molar-refractivity contribution in [3.8, 4) is 0 Å². The van der Waals surface area contributed by atoms with E-state index in [2.05, 4.69) is 4.90 Å². The average Bonchev–Trinajstić information content (AvgIpc) is 2.48.